The third-order valence-electron chi connectivity index (χ3n) is 3.65. The molecule has 0 aliphatic rings. The van der Waals surface area contributed by atoms with Crippen molar-refractivity contribution in [2.45, 2.75) is 32.6 Å². The summed E-state index contributed by atoms with van der Waals surface area (Å²) in [4.78, 5) is 23.5. The maximum atomic E-state index is 13.4. The normalized spacial score (nSPS) is 11.4. The molecule has 0 aliphatic carbocycles. The summed E-state index contributed by atoms with van der Waals surface area (Å²) in [5.41, 5.74) is 4.41. The van der Waals surface area contributed by atoms with Gasteiger partial charge in [-0.05, 0) is 28.7 Å². The smallest absolute Gasteiger partial charge is 0.249 e. The number of nitrogens with zero attached hydrogens (tertiary/aromatic N) is 1. The van der Waals surface area contributed by atoms with Crippen molar-refractivity contribution in [2.24, 2.45) is 5.10 Å². The van der Waals surface area contributed by atoms with Crippen LogP contribution in [-0.2, 0) is 15.0 Å². The second-order valence-electron chi connectivity index (χ2n) is 6.87. The van der Waals surface area contributed by atoms with Crippen molar-refractivity contribution in [3.63, 3.8) is 0 Å². The average Bonchev–Trinajstić information content (AvgIpc) is 2.56. The quantitative estimate of drug-likeness (QED) is 0.489. The lowest BCUT2D eigenvalue weighted by molar-refractivity contribution is -0.126. The Labute approximate surface area is 152 Å². The highest BCUT2D eigenvalue weighted by Gasteiger charge is 2.13. The van der Waals surface area contributed by atoms with E-state index in [9.17, 15) is 14.0 Å². The molecule has 26 heavy (non-hydrogen) atoms. The summed E-state index contributed by atoms with van der Waals surface area (Å²) >= 11 is 0. The van der Waals surface area contributed by atoms with E-state index in [0.29, 0.717) is 0 Å². The van der Waals surface area contributed by atoms with Crippen molar-refractivity contribution >= 4 is 23.7 Å². The zero-order valence-corrected chi connectivity index (χ0v) is 15.0. The molecule has 5 nitrogen and oxygen atoms in total. The minimum Gasteiger partial charge on any atom is -0.323 e. The molecule has 2 N–H and O–H groups in total. The van der Waals surface area contributed by atoms with Gasteiger partial charge < -0.3 is 5.32 Å². The van der Waals surface area contributed by atoms with Crippen LogP contribution in [0.2, 0.25) is 0 Å². The molecule has 0 atom stereocenters. The van der Waals surface area contributed by atoms with Crippen LogP contribution in [0.15, 0.2) is 53.6 Å². The van der Waals surface area contributed by atoms with E-state index < -0.39 is 24.1 Å². The van der Waals surface area contributed by atoms with Crippen LogP contribution >= 0.6 is 0 Å². The number of amides is 2. The second-order valence-corrected chi connectivity index (χ2v) is 6.87. The van der Waals surface area contributed by atoms with Gasteiger partial charge in [-0.25, -0.2) is 9.82 Å². The summed E-state index contributed by atoms with van der Waals surface area (Å²) < 4.78 is 13.4. The fraction of sp³-hybridized carbons (Fsp3) is 0.250. The van der Waals surface area contributed by atoms with Gasteiger partial charge in [0.15, 0.2) is 0 Å². The minimum absolute atomic E-state index is 0.0349. The second kappa shape index (κ2) is 8.38. The van der Waals surface area contributed by atoms with Gasteiger partial charge in [-0.15, -0.1) is 0 Å². The Kier molecular flexibility index (Phi) is 6.22. The van der Waals surface area contributed by atoms with E-state index in [1.807, 2.05) is 24.3 Å². The van der Waals surface area contributed by atoms with Crippen molar-refractivity contribution in [1.82, 2.24) is 5.43 Å². The van der Waals surface area contributed by atoms with Gasteiger partial charge in [0, 0.05) is 0 Å². The number of hydrogen-bond donors (Lipinski definition) is 2. The number of hydrogen-bond acceptors (Lipinski definition) is 3. The van der Waals surface area contributed by atoms with Gasteiger partial charge in [-0.1, -0.05) is 57.2 Å². The van der Waals surface area contributed by atoms with Crippen molar-refractivity contribution in [3.8, 4) is 0 Å². The highest BCUT2D eigenvalue weighted by atomic mass is 19.1. The Balaban J connectivity index is 1.83. The number of rotatable bonds is 5. The van der Waals surface area contributed by atoms with Crippen LogP contribution in [-0.4, -0.2) is 18.0 Å². The SMILES string of the molecule is CC(C)(C)c1ccc(C=NNC(=O)CC(=O)Nc2ccccc2F)cc1. The largest absolute Gasteiger partial charge is 0.323 e. The summed E-state index contributed by atoms with van der Waals surface area (Å²) in [5, 5.41) is 6.18. The van der Waals surface area contributed by atoms with Crippen LogP contribution in [0.25, 0.3) is 0 Å². The summed E-state index contributed by atoms with van der Waals surface area (Å²) in [6, 6.07) is 13.6. The van der Waals surface area contributed by atoms with Crippen molar-refractivity contribution in [1.29, 1.82) is 0 Å². The van der Waals surface area contributed by atoms with Crippen LogP contribution < -0.4 is 10.7 Å². The highest BCUT2D eigenvalue weighted by Crippen LogP contribution is 2.21. The number of carbonyl (C=O) groups excluding carboxylic acids is 2. The Morgan fingerprint density at radius 3 is 2.31 bits per heavy atom. The first kappa shape index (κ1) is 19.3. The number of benzene rings is 2. The molecular formula is C20H22FN3O2. The molecule has 6 heteroatoms. The Bertz CT molecular complexity index is 809. The van der Waals surface area contributed by atoms with E-state index in [-0.39, 0.29) is 11.1 Å². The minimum atomic E-state index is -0.614. The third-order valence-corrected chi connectivity index (χ3v) is 3.65. The molecule has 0 saturated carbocycles. The van der Waals surface area contributed by atoms with E-state index in [1.165, 1.54) is 30.0 Å². The summed E-state index contributed by atoms with van der Waals surface area (Å²) in [5.74, 6) is -1.75. The number of carbonyl (C=O) groups is 2. The van der Waals surface area contributed by atoms with Crippen LogP contribution in [0, 0.1) is 5.82 Å². The van der Waals surface area contributed by atoms with E-state index in [0.717, 1.165) is 5.56 Å². The van der Waals surface area contributed by atoms with Gasteiger partial charge >= 0.3 is 0 Å². The molecule has 136 valence electrons. The number of para-hydroxylation sites is 1. The van der Waals surface area contributed by atoms with E-state index in [4.69, 9.17) is 0 Å². The zero-order chi connectivity index (χ0) is 19.2. The van der Waals surface area contributed by atoms with E-state index in [2.05, 4.69) is 36.6 Å². The monoisotopic (exact) mass is 355 g/mol. The van der Waals surface area contributed by atoms with E-state index >= 15 is 0 Å². The first-order valence-electron chi connectivity index (χ1n) is 8.22. The van der Waals surface area contributed by atoms with Gasteiger partial charge in [0.1, 0.15) is 12.2 Å². The lowest BCUT2D eigenvalue weighted by atomic mass is 9.87. The maximum Gasteiger partial charge on any atom is 0.249 e. The molecule has 2 amide bonds. The molecule has 0 spiro atoms. The van der Waals surface area contributed by atoms with Crippen LogP contribution in [0.5, 0.6) is 0 Å². The predicted molar refractivity (Wildman–Crippen MR) is 101 cm³/mol. The Hall–Kier alpha value is -3.02. The first-order valence-corrected chi connectivity index (χ1v) is 8.22. The fourth-order valence-electron chi connectivity index (χ4n) is 2.19. The third kappa shape index (κ3) is 5.81. The standard InChI is InChI=1S/C20H22FN3O2/c1-20(2,3)15-10-8-14(9-11-15)13-22-24-19(26)12-18(25)23-17-7-5-4-6-16(17)21/h4-11,13H,12H2,1-3H3,(H,23,25)(H,24,26). The molecule has 2 aromatic rings. The molecule has 0 bridgehead atoms. The fourth-order valence-corrected chi connectivity index (χ4v) is 2.19. The Morgan fingerprint density at radius 2 is 1.69 bits per heavy atom. The highest BCUT2D eigenvalue weighted by molar-refractivity contribution is 6.03. The predicted octanol–water partition coefficient (Wildman–Crippen LogP) is 3.60. The first-order chi connectivity index (χ1) is 12.3. The number of nitrogens with one attached hydrogen (secondary N) is 2. The summed E-state index contributed by atoms with van der Waals surface area (Å²) in [6.07, 6.45) is 1.05. The molecule has 0 aromatic heterocycles. The molecule has 2 rings (SSSR count). The van der Waals surface area contributed by atoms with Crippen molar-refractivity contribution in [2.75, 3.05) is 5.32 Å². The lowest BCUT2D eigenvalue weighted by Crippen LogP contribution is -2.24. The molecule has 2 aromatic carbocycles. The molecule has 0 heterocycles. The van der Waals surface area contributed by atoms with Gasteiger partial charge in [0.25, 0.3) is 0 Å². The molecule has 0 fully saturated rings. The molecular weight excluding hydrogens is 333 g/mol. The number of anilines is 1. The zero-order valence-electron chi connectivity index (χ0n) is 15.0. The van der Waals surface area contributed by atoms with Gasteiger partial charge in [0.05, 0.1) is 11.9 Å². The van der Waals surface area contributed by atoms with Crippen LogP contribution in [0.4, 0.5) is 10.1 Å². The summed E-state index contributed by atoms with van der Waals surface area (Å²) in [6.45, 7) is 6.38. The number of hydrazone groups is 1. The average molecular weight is 355 g/mol. The maximum absolute atomic E-state index is 13.4. The molecule has 0 saturated heterocycles. The molecule has 0 aliphatic heterocycles. The van der Waals surface area contributed by atoms with Crippen LogP contribution in [0.1, 0.15) is 38.3 Å². The van der Waals surface area contributed by atoms with Gasteiger partial charge in [-0.3, -0.25) is 9.59 Å². The van der Waals surface area contributed by atoms with Gasteiger partial charge in [-0.2, -0.15) is 5.10 Å². The number of halogens is 1. The van der Waals surface area contributed by atoms with Crippen molar-refractivity contribution < 1.29 is 14.0 Å². The Morgan fingerprint density at radius 1 is 1.04 bits per heavy atom. The molecule has 0 unspecified atom stereocenters. The van der Waals surface area contributed by atoms with E-state index in [1.54, 1.807) is 6.07 Å². The molecule has 0 radical (unpaired) electrons. The lowest BCUT2D eigenvalue weighted by Gasteiger charge is -2.18. The summed E-state index contributed by atoms with van der Waals surface area (Å²) in [7, 11) is 0. The van der Waals surface area contributed by atoms with Crippen molar-refractivity contribution in [3.05, 3.63) is 65.5 Å². The topological polar surface area (TPSA) is 70.6 Å². The van der Waals surface area contributed by atoms with Gasteiger partial charge in [0.2, 0.25) is 11.8 Å². The van der Waals surface area contributed by atoms with Crippen LogP contribution in [0.3, 0.4) is 0 Å².